The summed E-state index contributed by atoms with van der Waals surface area (Å²) in [6.07, 6.45) is -4.57. The van der Waals surface area contributed by atoms with Crippen molar-refractivity contribution in [2.45, 2.75) is 12.8 Å². The summed E-state index contributed by atoms with van der Waals surface area (Å²) in [5.74, 6) is -2.13. The van der Waals surface area contributed by atoms with E-state index in [1.807, 2.05) is 0 Å². The maximum Gasteiger partial charge on any atom is 0.573 e. The van der Waals surface area contributed by atoms with Crippen molar-refractivity contribution < 1.29 is 27.8 Å². The number of hydrogen-bond donors (Lipinski definition) is 2. The Kier molecular flexibility index (Phi) is 6.64. The molecule has 0 heterocycles. The minimum atomic E-state index is -4.73. The lowest BCUT2D eigenvalue weighted by Gasteiger charge is -2.11. The summed E-state index contributed by atoms with van der Waals surface area (Å²) >= 11 is 0. The van der Waals surface area contributed by atoms with Gasteiger partial charge in [0.25, 0.3) is 0 Å². The van der Waals surface area contributed by atoms with Gasteiger partial charge >= 0.3 is 12.3 Å². The molecular weight excluding hydrogens is 287 g/mol. The fourth-order valence-corrected chi connectivity index (χ4v) is 1.38. The van der Waals surface area contributed by atoms with Crippen LogP contribution in [0.4, 0.5) is 13.2 Å². The first-order valence-electron chi connectivity index (χ1n) is 5.09. The Balaban J connectivity index is 0.00000324. The lowest BCUT2D eigenvalue weighted by molar-refractivity contribution is -0.274. The summed E-state index contributed by atoms with van der Waals surface area (Å²) in [5.41, 5.74) is 5.87. The molecule has 1 atom stereocenters. The molecule has 1 rings (SSSR count). The molecule has 0 bridgehead atoms. The van der Waals surface area contributed by atoms with Crippen LogP contribution in [0.2, 0.25) is 0 Å². The minimum Gasteiger partial charge on any atom is -0.481 e. The van der Waals surface area contributed by atoms with Crippen molar-refractivity contribution in [1.82, 2.24) is 0 Å². The van der Waals surface area contributed by atoms with Crippen LogP contribution < -0.4 is 10.5 Å². The molecule has 0 spiro atoms. The van der Waals surface area contributed by atoms with Gasteiger partial charge in [-0.25, -0.2) is 0 Å². The summed E-state index contributed by atoms with van der Waals surface area (Å²) < 4.78 is 39.4. The molecule has 0 aliphatic carbocycles. The highest BCUT2D eigenvalue weighted by molar-refractivity contribution is 5.85. The molecule has 0 saturated heterocycles. The van der Waals surface area contributed by atoms with Gasteiger partial charge in [-0.05, 0) is 24.1 Å². The molecule has 8 heteroatoms. The zero-order valence-electron chi connectivity index (χ0n) is 9.68. The van der Waals surface area contributed by atoms with Gasteiger partial charge in [0, 0.05) is 6.54 Å². The number of nitrogens with two attached hydrogens (primary N) is 1. The van der Waals surface area contributed by atoms with E-state index in [1.54, 1.807) is 0 Å². The van der Waals surface area contributed by atoms with E-state index in [-0.39, 0.29) is 31.1 Å². The average Bonchev–Trinajstić information content (AvgIpc) is 2.25. The van der Waals surface area contributed by atoms with Crippen molar-refractivity contribution in [2.75, 3.05) is 6.54 Å². The number of aliphatic carboxylic acids is 1. The van der Waals surface area contributed by atoms with E-state index in [4.69, 9.17) is 10.8 Å². The number of ether oxygens (including phenoxy) is 1. The van der Waals surface area contributed by atoms with Crippen LogP contribution in [-0.4, -0.2) is 24.0 Å². The molecule has 0 aromatic heterocycles. The number of carbonyl (C=O) groups is 1. The van der Waals surface area contributed by atoms with Gasteiger partial charge in [0.1, 0.15) is 5.75 Å². The summed E-state index contributed by atoms with van der Waals surface area (Å²) in [4.78, 5) is 10.7. The minimum absolute atomic E-state index is 0. The Labute approximate surface area is 113 Å². The first kappa shape index (κ1) is 17.5. The van der Waals surface area contributed by atoms with Crippen LogP contribution in [0.15, 0.2) is 24.3 Å². The van der Waals surface area contributed by atoms with Crippen LogP contribution in [0, 0.1) is 5.92 Å². The third-order valence-corrected chi connectivity index (χ3v) is 2.27. The molecule has 4 nitrogen and oxygen atoms in total. The molecule has 0 amide bonds. The van der Waals surface area contributed by atoms with Crippen LogP contribution in [-0.2, 0) is 11.2 Å². The van der Waals surface area contributed by atoms with Crippen molar-refractivity contribution in [3.63, 3.8) is 0 Å². The van der Waals surface area contributed by atoms with E-state index in [1.165, 1.54) is 12.1 Å². The molecule has 0 aliphatic rings. The lowest BCUT2D eigenvalue weighted by atomic mass is 10.00. The Morgan fingerprint density at radius 1 is 1.32 bits per heavy atom. The molecule has 1 aromatic carbocycles. The molecule has 19 heavy (non-hydrogen) atoms. The second-order valence-electron chi connectivity index (χ2n) is 3.67. The van der Waals surface area contributed by atoms with Crippen LogP contribution in [0.5, 0.6) is 5.75 Å². The van der Waals surface area contributed by atoms with Crippen LogP contribution in [0.25, 0.3) is 0 Å². The summed E-state index contributed by atoms with van der Waals surface area (Å²) in [5, 5.41) is 8.79. The smallest absolute Gasteiger partial charge is 0.481 e. The van der Waals surface area contributed by atoms with Gasteiger partial charge in [-0.1, -0.05) is 12.1 Å². The molecule has 108 valence electrons. The van der Waals surface area contributed by atoms with Crippen molar-refractivity contribution in [3.05, 3.63) is 29.8 Å². The molecular formula is C11H13ClF3NO3. The highest BCUT2D eigenvalue weighted by atomic mass is 35.5. The number of halogens is 4. The molecule has 0 aliphatic heterocycles. The van der Waals surface area contributed by atoms with Gasteiger partial charge < -0.3 is 15.6 Å². The molecule has 3 N–H and O–H groups in total. The van der Waals surface area contributed by atoms with Crippen molar-refractivity contribution in [3.8, 4) is 5.75 Å². The summed E-state index contributed by atoms with van der Waals surface area (Å²) in [6.45, 7) is -0.0316. The Hall–Kier alpha value is -1.47. The second-order valence-corrected chi connectivity index (χ2v) is 3.67. The van der Waals surface area contributed by atoms with Gasteiger partial charge in [-0.15, -0.1) is 25.6 Å². The van der Waals surface area contributed by atoms with E-state index in [0.29, 0.717) is 5.56 Å². The number of hydrogen-bond acceptors (Lipinski definition) is 3. The predicted molar refractivity (Wildman–Crippen MR) is 64.3 cm³/mol. The standard InChI is InChI=1S/C11H12F3NO3.ClH/c12-11(13,14)18-9-3-1-7(2-4-9)5-8(6-15)10(16)17;/h1-4,8H,5-6,15H2,(H,16,17);1H/t8-;/m1./s1. The Morgan fingerprint density at radius 2 is 1.84 bits per heavy atom. The lowest BCUT2D eigenvalue weighted by Crippen LogP contribution is -2.25. The third-order valence-electron chi connectivity index (χ3n) is 2.27. The van der Waals surface area contributed by atoms with Gasteiger partial charge in [0.05, 0.1) is 5.92 Å². The fourth-order valence-electron chi connectivity index (χ4n) is 1.38. The highest BCUT2D eigenvalue weighted by Crippen LogP contribution is 2.23. The Bertz CT molecular complexity index is 409. The SMILES string of the molecule is Cl.NC[C@@H](Cc1ccc(OC(F)(F)F)cc1)C(=O)O. The molecule has 1 aromatic rings. The van der Waals surface area contributed by atoms with E-state index in [9.17, 15) is 18.0 Å². The second kappa shape index (κ2) is 7.20. The zero-order chi connectivity index (χ0) is 13.8. The number of benzene rings is 1. The molecule has 0 fully saturated rings. The molecule has 0 unspecified atom stereocenters. The first-order valence-corrected chi connectivity index (χ1v) is 5.09. The zero-order valence-corrected chi connectivity index (χ0v) is 10.5. The number of carboxylic acids is 1. The number of carboxylic acid groups (broad SMARTS) is 1. The van der Waals surface area contributed by atoms with Crippen LogP contribution in [0.3, 0.4) is 0 Å². The van der Waals surface area contributed by atoms with E-state index in [2.05, 4.69) is 4.74 Å². The topological polar surface area (TPSA) is 72.5 Å². The quantitative estimate of drug-likeness (QED) is 0.874. The van der Waals surface area contributed by atoms with Gasteiger partial charge in [-0.2, -0.15) is 0 Å². The monoisotopic (exact) mass is 299 g/mol. The average molecular weight is 300 g/mol. The summed E-state index contributed by atoms with van der Waals surface area (Å²) in [6, 6.07) is 5.04. The van der Waals surface area contributed by atoms with Crippen LogP contribution in [0.1, 0.15) is 5.56 Å². The predicted octanol–water partition coefficient (Wildman–Crippen LogP) is 2.21. The highest BCUT2D eigenvalue weighted by Gasteiger charge is 2.31. The Morgan fingerprint density at radius 3 is 2.21 bits per heavy atom. The van der Waals surface area contributed by atoms with Crippen molar-refractivity contribution in [1.29, 1.82) is 0 Å². The molecule has 0 saturated carbocycles. The van der Waals surface area contributed by atoms with Crippen LogP contribution >= 0.6 is 12.4 Å². The number of rotatable bonds is 5. The van der Waals surface area contributed by atoms with Gasteiger partial charge in [0.15, 0.2) is 0 Å². The molecule has 0 radical (unpaired) electrons. The maximum absolute atomic E-state index is 11.9. The van der Waals surface area contributed by atoms with Crippen molar-refractivity contribution >= 4 is 18.4 Å². The third kappa shape index (κ3) is 6.30. The van der Waals surface area contributed by atoms with Crippen molar-refractivity contribution in [2.24, 2.45) is 11.7 Å². The van der Waals surface area contributed by atoms with E-state index < -0.39 is 18.2 Å². The summed E-state index contributed by atoms with van der Waals surface area (Å²) in [7, 11) is 0. The van der Waals surface area contributed by atoms with E-state index >= 15 is 0 Å². The number of alkyl halides is 3. The van der Waals surface area contributed by atoms with E-state index in [0.717, 1.165) is 12.1 Å². The largest absolute Gasteiger partial charge is 0.573 e. The maximum atomic E-state index is 11.9. The normalized spacial score (nSPS) is 12.4. The first-order chi connectivity index (χ1) is 8.31. The fraction of sp³-hybridized carbons (Fsp3) is 0.364. The van der Waals surface area contributed by atoms with Gasteiger partial charge in [-0.3, -0.25) is 4.79 Å². The van der Waals surface area contributed by atoms with Gasteiger partial charge in [0.2, 0.25) is 0 Å².